The predicted octanol–water partition coefficient (Wildman–Crippen LogP) is -0.110. The Morgan fingerprint density at radius 3 is 2.75 bits per heavy atom. The van der Waals surface area contributed by atoms with Gasteiger partial charge in [-0.2, -0.15) is 0 Å². The zero-order chi connectivity index (χ0) is 12.2. The predicted molar refractivity (Wildman–Crippen MR) is 63.3 cm³/mol. The Hall–Kier alpha value is -0.650. The van der Waals surface area contributed by atoms with Crippen LogP contribution in [0.4, 0.5) is 0 Å². The van der Waals surface area contributed by atoms with Gasteiger partial charge >= 0.3 is 0 Å². The number of rotatable bonds is 10. The summed E-state index contributed by atoms with van der Waals surface area (Å²) < 4.78 is 5.10. The molecule has 0 spiro atoms. The molecule has 0 bridgehead atoms. The van der Waals surface area contributed by atoms with Crippen molar-refractivity contribution in [1.82, 2.24) is 10.6 Å². The van der Waals surface area contributed by atoms with Gasteiger partial charge in [-0.25, -0.2) is 0 Å². The number of aliphatic hydroxyl groups excluding tert-OH is 1. The SMILES string of the molecule is CCCNC(=O)C(C)NCCCOCCO. The summed E-state index contributed by atoms with van der Waals surface area (Å²) in [6.45, 7) is 6.39. The van der Waals surface area contributed by atoms with Gasteiger partial charge in [-0.3, -0.25) is 4.79 Å². The molecular weight excluding hydrogens is 208 g/mol. The highest BCUT2D eigenvalue weighted by molar-refractivity contribution is 5.81. The zero-order valence-electron chi connectivity index (χ0n) is 10.3. The molecule has 0 aromatic rings. The molecule has 0 aliphatic carbocycles. The molecule has 0 aliphatic heterocycles. The molecule has 0 saturated heterocycles. The summed E-state index contributed by atoms with van der Waals surface area (Å²) in [5.74, 6) is 0.0399. The maximum absolute atomic E-state index is 11.4. The second-order valence-electron chi connectivity index (χ2n) is 3.66. The first-order valence-corrected chi connectivity index (χ1v) is 5.92. The van der Waals surface area contributed by atoms with E-state index < -0.39 is 0 Å². The lowest BCUT2D eigenvalue weighted by Gasteiger charge is -2.13. The molecule has 1 amide bonds. The van der Waals surface area contributed by atoms with Crippen molar-refractivity contribution in [2.75, 3.05) is 32.9 Å². The van der Waals surface area contributed by atoms with E-state index in [9.17, 15) is 4.79 Å². The fraction of sp³-hybridized carbons (Fsp3) is 0.909. The first-order chi connectivity index (χ1) is 7.72. The van der Waals surface area contributed by atoms with E-state index in [-0.39, 0.29) is 18.6 Å². The van der Waals surface area contributed by atoms with Crippen molar-refractivity contribution < 1.29 is 14.6 Å². The van der Waals surface area contributed by atoms with E-state index in [0.717, 1.165) is 25.9 Å². The van der Waals surface area contributed by atoms with E-state index >= 15 is 0 Å². The van der Waals surface area contributed by atoms with Gasteiger partial charge in [0.25, 0.3) is 0 Å². The number of hydrogen-bond acceptors (Lipinski definition) is 4. The van der Waals surface area contributed by atoms with Crippen molar-refractivity contribution in [3.05, 3.63) is 0 Å². The van der Waals surface area contributed by atoms with Crippen molar-refractivity contribution in [2.45, 2.75) is 32.7 Å². The largest absolute Gasteiger partial charge is 0.394 e. The van der Waals surface area contributed by atoms with Gasteiger partial charge in [0.2, 0.25) is 5.91 Å². The third kappa shape index (κ3) is 8.64. The van der Waals surface area contributed by atoms with Crippen molar-refractivity contribution in [2.24, 2.45) is 0 Å². The van der Waals surface area contributed by atoms with Crippen LogP contribution in [0.5, 0.6) is 0 Å². The van der Waals surface area contributed by atoms with E-state index in [4.69, 9.17) is 9.84 Å². The minimum absolute atomic E-state index is 0.0399. The van der Waals surface area contributed by atoms with Gasteiger partial charge in [-0.1, -0.05) is 6.92 Å². The van der Waals surface area contributed by atoms with Crippen LogP contribution in [0.3, 0.4) is 0 Å². The number of hydrogen-bond donors (Lipinski definition) is 3. The smallest absolute Gasteiger partial charge is 0.236 e. The monoisotopic (exact) mass is 232 g/mol. The molecule has 0 rings (SSSR count). The number of nitrogens with one attached hydrogen (secondary N) is 2. The summed E-state index contributed by atoms with van der Waals surface area (Å²) in [4.78, 5) is 11.4. The molecule has 5 heteroatoms. The Labute approximate surface area is 97.6 Å². The molecule has 5 nitrogen and oxygen atoms in total. The van der Waals surface area contributed by atoms with Crippen molar-refractivity contribution in [3.8, 4) is 0 Å². The number of aliphatic hydroxyl groups is 1. The third-order valence-electron chi connectivity index (χ3n) is 2.09. The van der Waals surface area contributed by atoms with Crippen LogP contribution in [0, 0.1) is 0 Å². The van der Waals surface area contributed by atoms with Gasteiger partial charge in [0.1, 0.15) is 0 Å². The zero-order valence-corrected chi connectivity index (χ0v) is 10.3. The van der Waals surface area contributed by atoms with Crippen LogP contribution < -0.4 is 10.6 Å². The summed E-state index contributed by atoms with van der Waals surface area (Å²) in [5.41, 5.74) is 0. The van der Waals surface area contributed by atoms with Gasteiger partial charge in [0.15, 0.2) is 0 Å². The van der Waals surface area contributed by atoms with Crippen molar-refractivity contribution in [1.29, 1.82) is 0 Å². The summed E-state index contributed by atoms with van der Waals surface area (Å²) in [6.07, 6.45) is 1.79. The first kappa shape index (κ1) is 15.3. The lowest BCUT2D eigenvalue weighted by Crippen LogP contribution is -2.42. The number of amides is 1. The second-order valence-corrected chi connectivity index (χ2v) is 3.66. The Morgan fingerprint density at radius 1 is 1.38 bits per heavy atom. The number of carbonyl (C=O) groups excluding carboxylic acids is 1. The van der Waals surface area contributed by atoms with Crippen LogP contribution in [-0.2, 0) is 9.53 Å². The van der Waals surface area contributed by atoms with E-state index in [0.29, 0.717) is 13.2 Å². The van der Waals surface area contributed by atoms with Crippen LogP contribution in [0.15, 0.2) is 0 Å². The maximum Gasteiger partial charge on any atom is 0.236 e. The van der Waals surface area contributed by atoms with Gasteiger partial charge in [-0.05, 0) is 26.3 Å². The van der Waals surface area contributed by atoms with Crippen LogP contribution >= 0.6 is 0 Å². The quantitative estimate of drug-likeness (QED) is 0.460. The number of carbonyl (C=O) groups is 1. The van der Waals surface area contributed by atoms with E-state index in [1.165, 1.54) is 0 Å². The standard InChI is InChI=1S/C11H24N2O3/c1-3-5-13-11(15)10(2)12-6-4-8-16-9-7-14/h10,12,14H,3-9H2,1-2H3,(H,13,15). The number of ether oxygens (including phenoxy) is 1. The summed E-state index contributed by atoms with van der Waals surface area (Å²) in [7, 11) is 0. The normalized spacial score (nSPS) is 12.4. The van der Waals surface area contributed by atoms with Gasteiger partial charge in [-0.15, -0.1) is 0 Å². The highest BCUT2D eigenvalue weighted by Gasteiger charge is 2.09. The van der Waals surface area contributed by atoms with Gasteiger partial charge in [0, 0.05) is 13.2 Å². The molecule has 96 valence electrons. The Balaban J connectivity index is 3.35. The molecule has 0 fully saturated rings. The average Bonchev–Trinajstić information content (AvgIpc) is 2.30. The van der Waals surface area contributed by atoms with Gasteiger partial charge < -0.3 is 20.5 Å². The molecule has 0 radical (unpaired) electrons. The lowest BCUT2D eigenvalue weighted by molar-refractivity contribution is -0.122. The molecule has 0 aromatic carbocycles. The highest BCUT2D eigenvalue weighted by atomic mass is 16.5. The Kier molecular flexibility index (Phi) is 10.4. The Morgan fingerprint density at radius 2 is 2.12 bits per heavy atom. The average molecular weight is 232 g/mol. The highest BCUT2D eigenvalue weighted by Crippen LogP contribution is 1.86. The molecule has 16 heavy (non-hydrogen) atoms. The van der Waals surface area contributed by atoms with Crippen LogP contribution in [-0.4, -0.2) is 50.0 Å². The van der Waals surface area contributed by atoms with E-state index in [2.05, 4.69) is 10.6 Å². The van der Waals surface area contributed by atoms with Crippen molar-refractivity contribution >= 4 is 5.91 Å². The fourth-order valence-electron chi connectivity index (χ4n) is 1.15. The Bertz CT molecular complexity index is 177. The minimum atomic E-state index is -0.163. The second kappa shape index (κ2) is 10.9. The third-order valence-corrected chi connectivity index (χ3v) is 2.09. The van der Waals surface area contributed by atoms with Crippen LogP contribution in [0.2, 0.25) is 0 Å². The molecule has 1 unspecified atom stereocenters. The van der Waals surface area contributed by atoms with Crippen LogP contribution in [0.25, 0.3) is 0 Å². The molecular formula is C11H24N2O3. The molecule has 0 aliphatic rings. The molecule has 3 N–H and O–H groups in total. The van der Waals surface area contributed by atoms with Crippen molar-refractivity contribution in [3.63, 3.8) is 0 Å². The lowest BCUT2D eigenvalue weighted by atomic mass is 10.3. The molecule has 1 atom stereocenters. The summed E-state index contributed by atoms with van der Waals surface area (Å²) >= 11 is 0. The summed E-state index contributed by atoms with van der Waals surface area (Å²) in [6, 6.07) is -0.163. The maximum atomic E-state index is 11.4. The van der Waals surface area contributed by atoms with E-state index in [1.807, 2.05) is 13.8 Å². The van der Waals surface area contributed by atoms with Crippen LogP contribution in [0.1, 0.15) is 26.7 Å². The van der Waals surface area contributed by atoms with E-state index in [1.54, 1.807) is 0 Å². The first-order valence-electron chi connectivity index (χ1n) is 5.92. The molecule has 0 saturated carbocycles. The molecule has 0 heterocycles. The fourth-order valence-corrected chi connectivity index (χ4v) is 1.15. The van der Waals surface area contributed by atoms with Gasteiger partial charge in [0.05, 0.1) is 19.3 Å². The summed E-state index contributed by atoms with van der Waals surface area (Å²) in [5, 5.41) is 14.4. The molecule has 0 aromatic heterocycles. The minimum Gasteiger partial charge on any atom is -0.394 e. The topological polar surface area (TPSA) is 70.6 Å².